The lowest BCUT2D eigenvalue weighted by atomic mass is 10.0. The highest BCUT2D eigenvalue weighted by Gasteiger charge is 1.96. The van der Waals surface area contributed by atoms with E-state index >= 15 is 0 Å². The summed E-state index contributed by atoms with van der Waals surface area (Å²) in [6.45, 7) is 16.1. The fraction of sp³-hybridized carbons (Fsp3) is 0.385. The maximum atomic E-state index is 3.92. The molecule has 0 unspecified atom stereocenters. The maximum absolute atomic E-state index is 3.92. The number of hydrogen-bond acceptors (Lipinski definition) is 0. The summed E-state index contributed by atoms with van der Waals surface area (Å²) in [7, 11) is 0. The van der Waals surface area contributed by atoms with Crippen molar-refractivity contribution in [2.45, 2.75) is 34.1 Å². The topological polar surface area (TPSA) is 0 Å². The van der Waals surface area contributed by atoms with Crippen LogP contribution in [-0.4, -0.2) is 0 Å². The molecule has 0 aliphatic carbocycles. The molecule has 13 heavy (non-hydrogen) atoms. The second-order valence-electron chi connectivity index (χ2n) is 3.70. The Morgan fingerprint density at radius 1 is 0.923 bits per heavy atom. The Morgan fingerprint density at radius 3 is 1.69 bits per heavy atom. The second-order valence-corrected chi connectivity index (χ2v) is 3.70. The summed E-state index contributed by atoms with van der Waals surface area (Å²) in [5, 5.41) is 0. The van der Waals surface area contributed by atoms with E-state index in [0.29, 0.717) is 0 Å². The summed E-state index contributed by atoms with van der Waals surface area (Å²) >= 11 is 0. The fourth-order valence-electron chi connectivity index (χ4n) is 1.13. The first-order chi connectivity index (χ1) is 5.95. The Labute approximate surface area is 82.4 Å². The molecular weight excluding hydrogens is 156 g/mol. The van der Waals surface area contributed by atoms with Crippen molar-refractivity contribution in [2.75, 3.05) is 0 Å². The molecule has 0 aromatic heterocycles. The van der Waals surface area contributed by atoms with Crippen molar-refractivity contribution in [3.63, 3.8) is 0 Å². The van der Waals surface area contributed by atoms with Crippen LogP contribution in [0.4, 0.5) is 0 Å². The number of allylic oxidation sites excluding steroid dienone is 6. The number of hydrogen-bond donors (Lipinski definition) is 0. The molecule has 0 heterocycles. The molecule has 0 aromatic rings. The Balaban J connectivity index is 4.48. The summed E-state index contributed by atoms with van der Waals surface area (Å²) in [4.78, 5) is 0. The molecule has 0 saturated heterocycles. The van der Waals surface area contributed by atoms with E-state index in [0.717, 1.165) is 17.6 Å². The van der Waals surface area contributed by atoms with Gasteiger partial charge < -0.3 is 0 Å². The first-order valence-corrected chi connectivity index (χ1v) is 4.60. The van der Waals surface area contributed by atoms with Crippen LogP contribution in [0.15, 0.2) is 47.6 Å². The third-order valence-corrected chi connectivity index (χ3v) is 1.77. The molecule has 72 valence electrons. The molecule has 0 rings (SSSR count). The van der Waals surface area contributed by atoms with E-state index in [4.69, 9.17) is 0 Å². The predicted octanol–water partition coefficient (Wildman–Crippen LogP) is 4.42. The lowest BCUT2D eigenvalue weighted by Gasteiger charge is -2.04. The van der Waals surface area contributed by atoms with Crippen LogP contribution in [0.5, 0.6) is 0 Å². The first kappa shape index (κ1) is 12.0. The SMILES string of the molecule is C=C(C)C(=CCC=C(C)C)C(=C)C. The molecule has 0 N–H and O–H groups in total. The first-order valence-electron chi connectivity index (χ1n) is 4.60. The normalized spacial score (nSPS) is 8.92. The van der Waals surface area contributed by atoms with Gasteiger partial charge in [-0.1, -0.05) is 42.0 Å². The summed E-state index contributed by atoms with van der Waals surface area (Å²) < 4.78 is 0. The van der Waals surface area contributed by atoms with E-state index in [1.54, 1.807) is 0 Å². The zero-order chi connectivity index (χ0) is 10.4. The van der Waals surface area contributed by atoms with Gasteiger partial charge in [0.2, 0.25) is 0 Å². The fourth-order valence-corrected chi connectivity index (χ4v) is 1.13. The summed E-state index contributed by atoms with van der Waals surface area (Å²) in [5.41, 5.74) is 4.72. The van der Waals surface area contributed by atoms with Crippen molar-refractivity contribution in [3.05, 3.63) is 47.6 Å². The van der Waals surface area contributed by atoms with Gasteiger partial charge in [0.15, 0.2) is 0 Å². The average molecular weight is 176 g/mol. The molecule has 0 nitrogen and oxygen atoms in total. The highest BCUT2D eigenvalue weighted by molar-refractivity contribution is 5.41. The molecule has 0 bridgehead atoms. The summed E-state index contributed by atoms with van der Waals surface area (Å²) in [5.74, 6) is 0. The van der Waals surface area contributed by atoms with Gasteiger partial charge in [0, 0.05) is 0 Å². The van der Waals surface area contributed by atoms with Gasteiger partial charge in [-0.05, 0) is 39.7 Å². The van der Waals surface area contributed by atoms with E-state index in [-0.39, 0.29) is 0 Å². The van der Waals surface area contributed by atoms with Crippen LogP contribution < -0.4 is 0 Å². The van der Waals surface area contributed by atoms with Crippen LogP contribution in [0.3, 0.4) is 0 Å². The highest BCUT2D eigenvalue weighted by atomic mass is 14.0. The molecule has 0 aliphatic rings. The van der Waals surface area contributed by atoms with Gasteiger partial charge in [-0.3, -0.25) is 0 Å². The third kappa shape index (κ3) is 5.24. The van der Waals surface area contributed by atoms with Gasteiger partial charge in [0.05, 0.1) is 0 Å². The van der Waals surface area contributed by atoms with Gasteiger partial charge in [0.25, 0.3) is 0 Å². The number of rotatable bonds is 4. The Morgan fingerprint density at radius 2 is 1.38 bits per heavy atom. The Hall–Kier alpha value is -1.04. The highest BCUT2D eigenvalue weighted by Crippen LogP contribution is 2.16. The third-order valence-electron chi connectivity index (χ3n) is 1.77. The van der Waals surface area contributed by atoms with Gasteiger partial charge in [0.1, 0.15) is 0 Å². The van der Waals surface area contributed by atoms with Crippen molar-refractivity contribution < 1.29 is 0 Å². The van der Waals surface area contributed by atoms with Gasteiger partial charge in [-0.2, -0.15) is 0 Å². The smallest absolute Gasteiger partial charge is 0.0158 e. The lowest BCUT2D eigenvalue weighted by molar-refractivity contribution is 1.23. The van der Waals surface area contributed by atoms with Gasteiger partial charge in [-0.15, -0.1) is 0 Å². The minimum atomic E-state index is 0.970. The molecule has 0 aromatic carbocycles. The molecular formula is C13H20. The van der Waals surface area contributed by atoms with Crippen LogP contribution >= 0.6 is 0 Å². The molecule has 0 heteroatoms. The largest absolute Gasteiger partial charge is 0.0955 e. The van der Waals surface area contributed by atoms with E-state index in [9.17, 15) is 0 Å². The average Bonchev–Trinajstić information content (AvgIpc) is 1.95. The quantitative estimate of drug-likeness (QED) is 0.439. The molecule has 0 spiro atoms. The Bertz CT molecular complexity index is 242. The summed E-state index contributed by atoms with van der Waals surface area (Å²) in [6.07, 6.45) is 5.35. The van der Waals surface area contributed by atoms with E-state index in [2.05, 4.69) is 39.2 Å². The minimum absolute atomic E-state index is 0.970. The molecule has 0 radical (unpaired) electrons. The molecule has 0 saturated carbocycles. The second kappa shape index (κ2) is 5.58. The molecule has 0 amide bonds. The monoisotopic (exact) mass is 176 g/mol. The summed E-state index contributed by atoms with van der Waals surface area (Å²) in [6, 6.07) is 0. The van der Waals surface area contributed by atoms with Crippen molar-refractivity contribution in [2.24, 2.45) is 0 Å². The standard InChI is InChI=1S/C13H20/c1-10(2)8-7-9-13(11(3)4)12(5)6/h8-9H,3,5,7H2,1-2,4,6H3. The van der Waals surface area contributed by atoms with Crippen LogP contribution in [0.25, 0.3) is 0 Å². The molecule has 0 aliphatic heterocycles. The van der Waals surface area contributed by atoms with Gasteiger partial charge in [-0.25, -0.2) is 0 Å². The van der Waals surface area contributed by atoms with Crippen LogP contribution in [0.1, 0.15) is 34.1 Å². The maximum Gasteiger partial charge on any atom is -0.0158 e. The van der Waals surface area contributed by atoms with Crippen molar-refractivity contribution in [3.8, 4) is 0 Å². The lowest BCUT2D eigenvalue weighted by Crippen LogP contribution is -1.85. The zero-order valence-corrected chi connectivity index (χ0v) is 9.28. The van der Waals surface area contributed by atoms with Crippen molar-refractivity contribution in [1.29, 1.82) is 0 Å². The molecule has 0 fully saturated rings. The van der Waals surface area contributed by atoms with Crippen LogP contribution in [-0.2, 0) is 0 Å². The van der Waals surface area contributed by atoms with E-state index in [1.807, 2.05) is 13.8 Å². The van der Waals surface area contributed by atoms with Crippen LogP contribution in [0.2, 0.25) is 0 Å². The zero-order valence-electron chi connectivity index (χ0n) is 9.28. The van der Waals surface area contributed by atoms with E-state index < -0.39 is 0 Å². The van der Waals surface area contributed by atoms with Gasteiger partial charge >= 0.3 is 0 Å². The Kier molecular flexibility index (Phi) is 5.13. The van der Waals surface area contributed by atoms with Crippen LogP contribution in [0, 0.1) is 0 Å². The van der Waals surface area contributed by atoms with E-state index in [1.165, 1.54) is 11.1 Å². The molecule has 0 atom stereocenters. The minimum Gasteiger partial charge on any atom is -0.0955 e. The van der Waals surface area contributed by atoms with Crippen molar-refractivity contribution in [1.82, 2.24) is 0 Å². The van der Waals surface area contributed by atoms with Crippen molar-refractivity contribution >= 4 is 0 Å². The predicted molar refractivity (Wildman–Crippen MR) is 61.8 cm³/mol.